The topological polar surface area (TPSA) is 26.3 Å². The molecule has 4 aliphatic rings. The molecule has 0 N–H and O–H groups in total. The average molecular weight is 257 g/mol. The molecule has 0 aromatic rings. The average Bonchev–Trinajstić information content (AvgIpc) is 2.23. The number of hydrogen-bond acceptors (Lipinski definition) is 2. The Hall–Kier alpha value is -0.0800. The number of carbonyl (C=O) groups is 1. The smallest absolute Gasteiger partial charge is 0.227 e. The Morgan fingerprint density at radius 1 is 1.24 bits per heavy atom. The lowest BCUT2D eigenvalue weighted by Crippen LogP contribution is -2.51. The molecule has 0 heterocycles. The zero-order valence-corrected chi connectivity index (χ0v) is 11.2. The third-order valence-electron chi connectivity index (χ3n) is 5.43. The lowest BCUT2D eigenvalue weighted by Gasteiger charge is -2.58. The fourth-order valence-corrected chi connectivity index (χ4v) is 5.55. The van der Waals surface area contributed by atoms with Gasteiger partial charge in [-0.1, -0.05) is 0 Å². The standard InChI is InChI=1S/C14H21ClO2/c1-17-8-12(13(15)16)14-5-9-2-10(6-14)4-11(3-9)7-14/h9-12H,2-8H2,1H3. The number of methoxy groups -OCH3 is 1. The Morgan fingerprint density at radius 2 is 1.71 bits per heavy atom. The van der Waals surface area contributed by atoms with E-state index in [4.69, 9.17) is 16.3 Å². The van der Waals surface area contributed by atoms with Gasteiger partial charge in [0.05, 0.1) is 12.5 Å². The molecule has 0 aromatic heterocycles. The van der Waals surface area contributed by atoms with Crippen molar-refractivity contribution in [2.75, 3.05) is 13.7 Å². The lowest BCUT2D eigenvalue weighted by atomic mass is 9.46. The molecule has 96 valence electrons. The van der Waals surface area contributed by atoms with Gasteiger partial charge in [-0.25, -0.2) is 0 Å². The van der Waals surface area contributed by atoms with E-state index in [-0.39, 0.29) is 16.6 Å². The Kier molecular flexibility index (Phi) is 2.99. The van der Waals surface area contributed by atoms with Crippen LogP contribution in [-0.4, -0.2) is 19.0 Å². The minimum Gasteiger partial charge on any atom is -0.384 e. The van der Waals surface area contributed by atoms with Crippen LogP contribution in [0.15, 0.2) is 0 Å². The van der Waals surface area contributed by atoms with Crippen LogP contribution in [0.2, 0.25) is 0 Å². The van der Waals surface area contributed by atoms with Crippen molar-refractivity contribution < 1.29 is 9.53 Å². The van der Waals surface area contributed by atoms with E-state index in [0.29, 0.717) is 6.61 Å². The summed E-state index contributed by atoms with van der Waals surface area (Å²) in [6.45, 7) is 0.508. The van der Waals surface area contributed by atoms with Gasteiger partial charge in [-0.05, 0) is 73.3 Å². The van der Waals surface area contributed by atoms with Gasteiger partial charge >= 0.3 is 0 Å². The number of carbonyl (C=O) groups excluding carboxylic acids is 1. The molecule has 4 fully saturated rings. The van der Waals surface area contributed by atoms with Gasteiger partial charge in [-0.2, -0.15) is 0 Å². The SMILES string of the molecule is COCC(C(=O)Cl)C12CC3CC(CC(C3)C1)C2. The van der Waals surface area contributed by atoms with Crippen LogP contribution in [0.4, 0.5) is 0 Å². The number of halogens is 1. The first kappa shape index (κ1) is 12.0. The Labute approximate surface area is 108 Å². The molecule has 0 radical (unpaired) electrons. The number of hydrogen-bond donors (Lipinski definition) is 0. The van der Waals surface area contributed by atoms with Gasteiger partial charge in [-0.15, -0.1) is 0 Å². The summed E-state index contributed by atoms with van der Waals surface area (Å²) in [5, 5.41) is -0.172. The van der Waals surface area contributed by atoms with Crippen LogP contribution < -0.4 is 0 Å². The van der Waals surface area contributed by atoms with Gasteiger partial charge in [0.15, 0.2) is 0 Å². The molecule has 2 nitrogen and oxygen atoms in total. The van der Waals surface area contributed by atoms with Crippen molar-refractivity contribution in [2.24, 2.45) is 29.1 Å². The summed E-state index contributed by atoms with van der Waals surface area (Å²) in [4.78, 5) is 11.7. The van der Waals surface area contributed by atoms with Crippen molar-refractivity contribution in [1.29, 1.82) is 0 Å². The van der Waals surface area contributed by atoms with Crippen LogP contribution in [0.1, 0.15) is 38.5 Å². The maximum Gasteiger partial charge on any atom is 0.227 e. The molecule has 4 aliphatic carbocycles. The molecule has 4 bridgehead atoms. The van der Waals surface area contributed by atoms with E-state index in [1.54, 1.807) is 7.11 Å². The molecular formula is C14H21ClO2. The minimum absolute atomic E-state index is 0.0671. The van der Waals surface area contributed by atoms with Crippen LogP contribution in [0.5, 0.6) is 0 Å². The van der Waals surface area contributed by atoms with Crippen molar-refractivity contribution in [3.63, 3.8) is 0 Å². The third-order valence-corrected chi connectivity index (χ3v) is 5.70. The molecule has 3 heteroatoms. The summed E-state index contributed by atoms with van der Waals surface area (Å²) in [6.07, 6.45) is 7.84. The van der Waals surface area contributed by atoms with Gasteiger partial charge < -0.3 is 4.74 Å². The van der Waals surface area contributed by atoms with Gasteiger partial charge in [0.2, 0.25) is 5.24 Å². The van der Waals surface area contributed by atoms with Crippen molar-refractivity contribution in [1.82, 2.24) is 0 Å². The number of rotatable bonds is 4. The number of ether oxygens (including phenoxy) is 1. The molecule has 0 saturated heterocycles. The molecule has 0 aromatic carbocycles. The molecule has 0 amide bonds. The van der Waals surface area contributed by atoms with Gasteiger partial charge in [0.1, 0.15) is 0 Å². The molecule has 0 spiro atoms. The normalized spacial score (nSPS) is 44.9. The molecule has 4 rings (SSSR count). The van der Waals surface area contributed by atoms with E-state index in [1.165, 1.54) is 38.5 Å². The molecule has 17 heavy (non-hydrogen) atoms. The summed E-state index contributed by atoms with van der Waals surface area (Å²) >= 11 is 5.84. The second-order valence-electron chi connectivity index (χ2n) is 6.59. The first-order valence-electron chi connectivity index (χ1n) is 6.81. The van der Waals surface area contributed by atoms with E-state index in [2.05, 4.69) is 0 Å². The summed E-state index contributed by atoms with van der Waals surface area (Å²) < 4.78 is 5.25. The molecule has 4 saturated carbocycles. The second-order valence-corrected chi connectivity index (χ2v) is 6.96. The van der Waals surface area contributed by atoms with Crippen LogP contribution >= 0.6 is 11.6 Å². The van der Waals surface area contributed by atoms with Crippen molar-refractivity contribution in [3.05, 3.63) is 0 Å². The highest BCUT2D eigenvalue weighted by atomic mass is 35.5. The summed E-state index contributed by atoms with van der Waals surface area (Å²) in [6, 6.07) is 0. The van der Waals surface area contributed by atoms with E-state index in [9.17, 15) is 4.79 Å². The van der Waals surface area contributed by atoms with Gasteiger partial charge in [-0.3, -0.25) is 4.79 Å². The minimum atomic E-state index is -0.172. The first-order chi connectivity index (χ1) is 8.13. The zero-order valence-electron chi connectivity index (χ0n) is 10.5. The zero-order chi connectivity index (χ0) is 12.0. The monoisotopic (exact) mass is 256 g/mol. The highest BCUT2D eigenvalue weighted by molar-refractivity contribution is 6.64. The first-order valence-corrected chi connectivity index (χ1v) is 7.19. The van der Waals surface area contributed by atoms with Crippen LogP contribution in [0.3, 0.4) is 0 Å². The highest BCUT2D eigenvalue weighted by Crippen LogP contribution is 2.63. The van der Waals surface area contributed by atoms with Gasteiger partial charge in [0.25, 0.3) is 0 Å². The van der Waals surface area contributed by atoms with Crippen molar-refractivity contribution in [2.45, 2.75) is 38.5 Å². The Balaban J connectivity index is 1.87. The molecular weight excluding hydrogens is 236 g/mol. The van der Waals surface area contributed by atoms with Crippen LogP contribution in [-0.2, 0) is 9.53 Å². The summed E-state index contributed by atoms with van der Waals surface area (Å²) in [5.74, 6) is 2.51. The molecule has 1 atom stereocenters. The van der Waals surface area contributed by atoms with Crippen LogP contribution in [0, 0.1) is 29.1 Å². The third kappa shape index (κ3) is 1.94. The lowest BCUT2D eigenvalue weighted by molar-refractivity contribution is -0.136. The second kappa shape index (κ2) is 4.24. The van der Waals surface area contributed by atoms with Crippen LogP contribution in [0.25, 0.3) is 0 Å². The van der Waals surface area contributed by atoms with Gasteiger partial charge in [0, 0.05) is 7.11 Å². The fourth-order valence-electron chi connectivity index (χ4n) is 5.25. The van der Waals surface area contributed by atoms with E-state index < -0.39 is 0 Å². The molecule has 1 unspecified atom stereocenters. The predicted octanol–water partition coefficient (Wildman–Crippen LogP) is 3.23. The Bertz CT molecular complexity index is 291. The fraction of sp³-hybridized carbons (Fsp3) is 0.929. The highest BCUT2D eigenvalue weighted by Gasteiger charge is 2.55. The van der Waals surface area contributed by atoms with Crippen molar-refractivity contribution >= 4 is 16.8 Å². The summed E-state index contributed by atoms with van der Waals surface area (Å²) in [7, 11) is 1.67. The maximum absolute atomic E-state index is 11.7. The maximum atomic E-state index is 11.7. The van der Waals surface area contributed by atoms with E-state index >= 15 is 0 Å². The Morgan fingerprint density at radius 3 is 2.06 bits per heavy atom. The quantitative estimate of drug-likeness (QED) is 0.722. The summed E-state index contributed by atoms with van der Waals surface area (Å²) in [5.41, 5.74) is 0.184. The molecule has 0 aliphatic heterocycles. The largest absolute Gasteiger partial charge is 0.384 e. The van der Waals surface area contributed by atoms with E-state index in [1.807, 2.05) is 0 Å². The predicted molar refractivity (Wildman–Crippen MR) is 66.8 cm³/mol. The van der Waals surface area contributed by atoms with Crippen molar-refractivity contribution in [3.8, 4) is 0 Å². The van der Waals surface area contributed by atoms with E-state index in [0.717, 1.165) is 17.8 Å².